The van der Waals surface area contributed by atoms with E-state index in [-0.39, 0.29) is 0 Å². The maximum Gasteiger partial charge on any atom is 0.198 e. The summed E-state index contributed by atoms with van der Waals surface area (Å²) in [5.41, 5.74) is 0.750. The van der Waals surface area contributed by atoms with Crippen LogP contribution in [0.1, 0.15) is 5.69 Å². The summed E-state index contributed by atoms with van der Waals surface area (Å²) in [6.07, 6.45) is 0. The van der Waals surface area contributed by atoms with Crippen molar-refractivity contribution in [3.05, 3.63) is 25.4 Å². The lowest BCUT2D eigenvalue weighted by molar-refractivity contribution is 0.181. The molecule has 2 heterocycles. The molecule has 5 nitrogen and oxygen atoms in total. The largest absolute Gasteiger partial charge is 0.445 e. The SMILES string of the molecule is CNc1nc(-c2cc(Br)c(Br)o2)nc(COC)c1Br. The molecule has 19 heavy (non-hydrogen) atoms. The molecular weight excluding hydrogens is 446 g/mol. The number of furan rings is 1. The molecule has 0 aliphatic rings. The molecule has 0 saturated heterocycles. The van der Waals surface area contributed by atoms with Crippen LogP contribution in [-0.2, 0) is 11.3 Å². The van der Waals surface area contributed by atoms with Gasteiger partial charge in [-0.15, -0.1) is 0 Å². The minimum absolute atomic E-state index is 0.383. The Bertz CT molecular complexity index is 582. The van der Waals surface area contributed by atoms with Gasteiger partial charge in [0.15, 0.2) is 16.3 Å². The van der Waals surface area contributed by atoms with Crippen molar-refractivity contribution in [1.29, 1.82) is 0 Å². The first kappa shape index (κ1) is 15.0. The summed E-state index contributed by atoms with van der Waals surface area (Å²) in [4.78, 5) is 8.84. The molecule has 0 aliphatic heterocycles. The van der Waals surface area contributed by atoms with Gasteiger partial charge in [0.1, 0.15) is 5.82 Å². The molecular formula is C11H10Br3N3O2. The van der Waals surface area contributed by atoms with Crippen LogP contribution in [0, 0.1) is 0 Å². The molecule has 102 valence electrons. The highest BCUT2D eigenvalue weighted by Crippen LogP contribution is 2.33. The summed E-state index contributed by atoms with van der Waals surface area (Å²) in [5, 5.41) is 3.01. The Hall–Kier alpha value is -0.440. The van der Waals surface area contributed by atoms with E-state index in [2.05, 4.69) is 63.1 Å². The molecule has 0 bridgehead atoms. The Balaban J connectivity index is 2.54. The summed E-state index contributed by atoms with van der Waals surface area (Å²) in [6, 6.07) is 1.81. The fraction of sp³-hybridized carbons (Fsp3) is 0.273. The van der Waals surface area contributed by atoms with Crippen LogP contribution in [0.3, 0.4) is 0 Å². The molecule has 0 aliphatic carbocycles. The third-order valence-corrected chi connectivity index (χ3v) is 4.85. The Labute approximate surface area is 135 Å². The summed E-state index contributed by atoms with van der Waals surface area (Å²) in [7, 11) is 3.41. The first-order valence-electron chi connectivity index (χ1n) is 5.25. The molecule has 0 amide bonds. The van der Waals surface area contributed by atoms with Crippen LogP contribution in [0.15, 0.2) is 24.1 Å². The first-order valence-corrected chi connectivity index (χ1v) is 7.63. The lowest BCUT2D eigenvalue weighted by Crippen LogP contribution is -2.03. The van der Waals surface area contributed by atoms with E-state index in [9.17, 15) is 0 Å². The van der Waals surface area contributed by atoms with E-state index in [0.29, 0.717) is 28.7 Å². The second kappa shape index (κ2) is 6.34. The van der Waals surface area contributed by atoms with Gasteiger partial charge in [-0.3, -0.25) is 0 Å². The minimum Gasteiger partial charge on any atom is -0.445 e. The van der Waals surface area contributed by atoms with Crippen molar-refractivity contribution in [1.82, 2.24) is 9.97 Å². The molecule has 0 spiro atoms. The average molecular weight is 456 g/mol. The van der Waals surface area contributed by atoms with Crippen LogP contribution in [0.4, 0.5) is 5.82 Å². The average Bonchev–Trinajstić information content (AvgIpc) is 2.72. The van der Waals surface area contributed by atoms with Gasteiger partial charge in [0.2, 0.25) is 0 Å². The molecule has 2 rings (SSSR count). The second-order valence-electron chi connectivity index (χ2n) is 3.57. The fourth-order valence-corrected chi connectivity index (χ4v) is 2.53. The van der Waals surface area contributed by atoms with Crippen LogP contribution >= 0.6 is 47.8 Å². The number of halogens is 3. The Kier molecular flexibility index (Phi) is 4.99. The van der Waals surface area contributed by atoms with E-state index in [4.69, 9.17) is 9.15 Å². The van der Waals surface area contributed by atoms with Crippen LogP contribution in [-0.4, -0.2) is 24.1 Å². The molecule has 0 unspecified atom stereocenters. The number of nitrogens with one attached hydrogen (secondary N) is 1. The third-order valence-electron chi connectivity index (χ3n) is 2.30. The van der Waals surface area contributed by atoms with Crippen molar-refractivity contribution in [3.63, 3.8) is 0 Å². The summed E-state index contributed by atoms with van der Waals surface area (Å²) in [5.74, 6) is 1.74. The second-order valence-corrected chi connectivity index (χ2v) is 5.94. The number of ether oxygens (including phenoxy) is 1. The van der Waals surface area contributed by atoms with Crippen LogP contribution in [0.25, 0.3) is 11.6 Å². The number of rotatable bonds is 4. The van der Waals surface area contributed by atoms with Gasteiger partial charge in [0.25, 0.3) is 0 Å². The number of anilines is 1. The van der Waals surface area contributed by atoms with Gasteiger partial charge < -0.3 is 14.5 Å². The smallest absolute Gasteiger partial charge is 0.198 e. The quantitative estimate of drug-likeness (QED) is 0.748. The van der Waals surface area contributed by atoms with Crippen molar-refractivity contribution in [2.45, 2.75) is 6.61 Å². The van der Waals surface area contributed by atoms with Gasteiger partial charge in [-0.1, -0.05) is 0 Å². The van der Waals surface area contributed by atoms with E-state index in [0.717, 1.165) is 14.6 Å². The van der Waals surface area contributed by atoms with Gasteiger partial charge in [-0.05, 0) is 47.8 Å². The van der Waals surface area contributed by atoms with E-state index in [1.54, 1.807) is 14.2 Å². The molecule has 0 atom stereocenters. The molecule has 0 aromatic carbocycles. The minimum atomic E-state index is 0.383. The maximum atomic E-state index is 5.53. The number of hydrogen-bond donors (Lipinski definition) is 1. The number of methoxy groups -OCH3 is 1. The molecule has 0 fully saturated rings. The fourth-order valence-electron chi connectivity index (χ4n) is 1.46. The molecule has 2 aromatic heterocycles. The van der Waals surface area contributed by atoms with Crippen LogP contribution < -0.4 is 5.32 Å². The maximum absolute atomic E-state index is 5.53. The molecule has 8 heteroatoms. The van der Waals surface area contributed by atoms with E-state index < -0.39 is 0 Å². The molecule has 0 saturated carbocycles. The molecule has 0 radical (unpaired) electrons. The highest BCUT2D eigenvalue weighted by Gasteiger charge is 2.16. The predicted molar refractivity (Wildman–Crippen MR) is 83.1 cm³/mol. The Morgan fingerprint density at radius 2 is 2.05 bits per heavy atom. The summed E-state index contributed by atoms with van der Waals surface area (Å²) >= 11 is 10.1. The topological polar surface area (TPSA) is 60.2 Å². The van der Waals surface area contributed by atoms with Gasteiger partial charge in [0, 0.05) is 20.2 Å². The highest BCUT2D eigenvalue weighted by molar-refractivity contribution is 9.13. The monoisotopic (exact) mass is 453 g/mol. The van der Waals surface area contributed by atoms with Gasteiger partial charge >= 0.3 is 0 Å². The van der Waals surface area contributed by atoms with Crippen molar-refractivity contribution in [2.24, 2.45) is 0 Å². The van der Waals surface area contributed by atoms with E-state index >= 15 is 0 Å². The first-order chi connectivity index (χ1) is 9.06. The summed E-state index contributed by atoms with van der Waals surface area (Å²) < 4.78 is 12.9. The van der Waals surface area contributed by atoms with E-state index in [1.165, 1.54) is 0 Å². The zero-order valence-corrected chi connectivity index (χ0v) is 14.9. The lowest BCUT2D eigenvalue weighted by Gasteiger charge is -2.09. The summed E-state index contributed by atoms with van der Waals surface area (Å²) in [6.45, 7) is 0.383. The zero-order chi connectivity index (χ0) is 14.0. The van der Waals surface area contributed by atoms with Gasteiger partial charge in [0.05, 0.1) is 21.2 Å². The highest BCUT2D eigenvalue weighted by atomic mass is 79.9. The molecule has 2 aromatic rings. The van der Waals surface area contributed by atoms with Crippen molar-refractivity contribution in [2.75, 3.05) is 19.5 Å². The van der Waals surface area contributed by atoms with E-state index in [1.807, 2.05) is 6.07 Å². The number of aromatic nitrogens is 2. The number of nitrogens with zero attached hydrogens (tertiary/aromatic N) is 2. The normalized spacial score (nSPS) is 10.8. The zero-order valence-electron chi connectivity index (χ0n) is 10.1. The van der Waals surface area contributed by atoms with Gasteiger partial charge in [-0.25, -0.2) is 9.97 Å². The van der Waals surface area contributed by atoms with Gasteiger partial charge in [-0.2, -0.15) is 0 Å². The molecule has 1 N–H and O–H groups in total. The van der Waals surface area contributed by atoms with Crippen LogP contribution in [0.5, 0.6) is 0 Å². The van der Waals surface area contributed by atoms with Crippen LogP contribution in [0.2, 0.25) is 0 Å². The van der Waals surface area contributed by atoms with Crippen molar-refractivity contribution in [3.8, 4) is 11.6 Å². The standard InChI is InChI=1S/C11H10Br3N3O2/c1-15-11-8(13)6(4-18-2)16-10(17-11)7-3-5(12)9(14)19-7/h3H,4H2,1-2H3,(H,15,16,17). The Morgan fingerprint density at radius 1 is 1.32 bits per heavy atom. The third kappa shape index (κ3) is 3.18. The number of hydrogen-bond acceptors (Lipinski definition) is 5. The lowest BCUT2D eigenvalue weighted by atomic mass is 10.3. The predicted octanol–water partition coefficient (Wildman–Crippen LogP) is 4.21. The van der Waals surface area contributed by atoms with Crippen molar-refractivity contribution < 1.29 is 9.15 Å². The van der Waals surface area contributed by atoms with Crippen molar-refractivity contribution >= 4 is 53.6 Å². The Morgan fingerprint density at radius 3 is 2.58 bits per heavy atom.